The molecule has 1 saturated heterocycles. The van der Waals surface area contributed by atoms with Crippen LogP contribution >= 0.6 is 15.9 Å². The summed E-state index contributed by atoms with van der Waals surface area (Å²) in [5, 5.41) is 2.84. The molecule has 0 radical (unpaired) electrons. The second-order valence-corrected chi connectivity index (χ2v) is 9.65. The largest absolute Gasteiger partial charge is 0.322 e. The van der Waals surface area contributed by atoms with Crippen molar-refractivity contribution in [1.29, 1.82) is 0 Å². The van der Waals surface area contributed by atoms with E-state index in [-0.39, 0.29) is 16.8 Å². The average Bonchev–Trinajstić information content (AvgIpc) is 2.65. The molecule has 1 atom stereocenters. The Morgan fingerprint density at radius 2 is 1.85 bits per heavy atom. The number of anilines is 1. The number of nitrogens with one attached hydrogen (secondary N) is 1. The number of sulfonamides is 1. The van der Waals surface area contributed by atoms with Crippen molar-refractivity contribution in [2.24, 2.45) is 0 Å². The predicted molar refractivity (Wildman–Crippen MR) is 110 cm³/mol. The third-order valence-corrected chi connectivity index (χ3v) is 7.80. The zero-order chi connectivity index (χ0) is 19.6. The molecule has 1 heterocycles. The molecule has 0 aromatic heterocycles. The van der Waals surface area contributed by atoms with Gasteiger partial charge in [-0.05, 0) is 74.7 Å². The van der Waals surface area contributed by atoms with Crippen LogP contribution in [0.25, 0.3) is 0 Å². The Balaban J connectivity index is 1.76. The number of amides is 1. The molecule has 1 unspecified atom stereocenters. The van der Waals surface area contributed by atoms with E-state index < -0.39 is 10.0 Å². The fourth-order valence-electron chi connectivity index (χ4n) is 3.27. The monoisotopic (exact) mass is 450 g/mol. The standard InChI is InChI=1S/C20H23BrN2O3S/c1-14-13-17(8-11-19(14)21)22-20(24)16-6-9-18(10-7-16)27(25,26)23-12-4-3-5-15(23)2/h6-11,13,15H,3-5,12H2,1-2H3,(H,22,24). The molecule has 144 valence electrons. The number of rotatable bonds is 4. The van der Waals surface area contributed by atoms with Crippen LogP contribution < -0.4 is 5.32 Å². The fourth-order valence-corrected chi connectivity index (χ4v) is 5.21. The molecule has 1 amide bonds. The highest BCUT2D eigenvalue weighted by atomic mass is 79.9. The van der Waals surface area contributed by atoms with Gasteiger partial charge in [0.1, 0.15) is 0 Å². The van der Waals surface area contributed by atoms with Gasteiger partial charge in [-0.3, -0.25) is 4.79 Å². The van der Waals surface area contributed by atoms with Crippen LogP contribution in [0, 0.1) is 6.92 Å². The first-order chi connectivity index (χ1) is 12.8. The summed E-state index contributed by atoms with van der Waals surface area (Å²) < 4.78 is 28.3. The zero-order valence-electron chi connectivity index (χ0n) is 15.4. The van der Waals surface area contributed by atoms with Gasteiger partial charge in [0.25, 0.3) is 5.91 Å². The van der Waals surface area contributed by atoms with Crippen LogP contribution in [-0.2, 0) is 10.0 Å². The summed E-state index contributed by atoms with van der Waals surface area (Å²) in [5.41, 5.74) is 2.13. The van der Waals surface area contributed by atoms with Gasteiger partial charge in [-0.25, -0.2) is 8.42 Å². The maximum absolute atomic E-state index is 12.9. The van der Waals surface area contributed by atoms with Gasteiger partial charge in [0, 0.05) is 28.3 Å². The topological polar surface area (TPSA) is 66.5 Å². The number of benzene rings is 2. The molecular formula is C20H23BrN2O3S. The number of aryl methyl sites for hydroxylation is 1. The van der Waals surface area contributed by atoms with Crippen molar-refractivity contribution >= 4 is 37.5 Å². The Morgan fingerprint density at radius 3 is 2.48 bits per heavy atom. The first-order valence-corrected chi connectivity index (χ1v) is 11.2. The first kappa shape index (κ1) is 20.0. The highest BCUT2D eigenvalue weighted by Crippen LogP contribution is 2.25. The number of carbonyl (C=O) groups excluding carboxylic acids is 1. The van der Waals surface area contributed by atoms with Crippen molar-refractivity contribution < 1.29 is 13.2 Å². The minimum Gasteiger partial charge on any atom is -0.322 e. The Labute approximate surface area is 169 Å². The van der Waals surface area contributed by atoms with Crippen molar-refractivity contribution in [3.63, 3.8) is 0 Å². The van der Waals surface area contributed by atoms with Crippen molar-refractivity contribution in [2.75, 3.05) is 11.9 Å². The summed E-state index contributed by atoms with van der Waals surface area (Å²) in [7, 11) is -3.53. The van der Waals surface area contributed by atoms with E-state index in [1.165, 1.54) is 12.1 Å². The molecule has 0 bridgehead atoms. The van der Waals surface area contributed by atoms with Gasteiger partial charge in [-0.15, -0.1) is 0 Å². The summed E-state index contributed by atoms with van der Waals surface area (Å²) in [6, 6.07) is 11.7. The molecule has 0 aliphatic carbocycles. The molecule has 2 aromatic carbocycles. The van der Waals surface area contributed by atoms with Crippen molar-refractivity contribution in [3.8, 4) is 0 Å². The van der Waals surface area contributed by atoms with Gasteiger partial charge in [0.05, 0.1) is 4.90 Å². The van der Waals surface area contributed by atoms with Crippen LogP contribution in [0.15, 0.2) is 51.8 Å². The van der Waals surface area contributed by atoms with E-state index in [9.17, 15) is 13.2 Å². The van der Waals surface area contributed by atoms with Crippen molar-refractivity contribution in [1.82, 2.24) is 4.31 Å². The molecule has 1 aliphatic rings. The van der Waals surface area contributed by atoms with Gasteiger partial charge in [0.15, 0.2) is 0 Å². The van der Waals surface area contributed by atoms with Gasteiger partial charge < -0.3 is 5.32 Å². The third kappa shape index (κ3) is 4.42. The van der Waals surface area contributed by atoms with Crippen LogP contribution in [0.3, 0.4) is 0 Å². The minimum absolute atomic E-state index is 0.00682. The van der Waals surface area contributed by atoms with Crippen molar-refractivity contribution in [2.45, 2.75) is 44.0 Å². The summed E-state index contributed by atoms with van der Waals surface area (Å²) >= 11 is 3.43. The van der Waals surface area contributed by atoms with Crippen LogP contribution in [0.4, 0.5) is 5.69 Å². The molecular weight excluding hydrogens is 428 g/mol. The Morgan fingerprint density at radius 1 is 1.15 bits per heavy atom. The highest BCUT2D eigenvalue weighted by molar-refractivity contribution is 9.10. The van der Waals surface area contributed by atoms with E-state index in [0.717, 1.165) is 29.3 Å². The number of piperidine rings is 1. The van der Waals surface area contributed by atoms with Gasteiger partial charge in [-0.1, -0.05) is 22.4 Å². The van der Waals surface area contributed by atoms with E-state index in [4.69, 9.17) is 0 Å². The second kappa shape index (κ2) is 8.12. The molecule has 2 aromatic rings. The minimum atomic E-state index is -3.53. The number of hydrogen-bond acceptors (Lipinski definition) is 3. The van der Waals surface area contributed by atoms with Gasteiger partial charge in [-0.2, -0.15) is 4.31 Å². The normalized spacial score (nSPS) is 18.3. The van der Waals surface area contributed by atoms with Crippen LogP contribution in [-0.4, -0.2) is 31.2 Å². The lowest BCUT2D eigenvalue weighted by atomic mass is 10.1. The van der Waals surface area contributed by atoms with E-state index in [2.05, 4.69) is 21.2 Å². The van der Waals surface area contributed by atoms with Crippen LogP contribution in [0.2, 0.25) is 0 Å². The molecule has 3 rings (SSSR count). The maximum atomic E-state index is 12.9. The SMILES string of the molecule is Cc1cc(NC(=O)c2ccc(S(=O)(=O)N3CCCCC3C)cc2)ccc1Br. The summed E-state index contributed by atoms with van der Waals surface area (Å²) in [6.45, 7) is 4.44. The zero-order valence-corrected chi connectivity index (χ0v) is 17.8. The van der Waals surface area contributed by atoms with E-state index in [0.29, 0.717) is 17.8 Å². The molecule has 0 spiro atoms. The van der Waals surface area contributed by atoms with E-state index in [1.807, 2.05) is 32.0 Å². The van der Waals surface area contributed by atoms with E-state index >= 15 is 0 Å². The maximum Gasteiger partial charge on any atom is 0.255 e. The lowest BCUT2D eigenvalue weighted by Gasteiger charge is -2.32. The molecule has 0 saturated carbocycles. The van der Waals surface area contributed by atoms with Crippen LogP contribution in [0.5, 0.6) is 0 Å². The van der Waals surface area contributed by atoms with Gasteiger partial charge in [0.2, 0.25) is 10.0 Å². The summed E-state index contributed by atoms with van der Waals surface area (Å²) in [6.07, 6.45) is 2.82. The number of nitrogens with zero attached hydrogens (tertiary/aromatic N) is 1. The second-order valence-electron chi connectivity index (χ2n) is 6.90. The smallest absolute Gasteiger partial charge is 0.255 e. The highest BCUT2D eigenvalue weighted by Gasteiger charge is 2.30. The quantitative estimate of drug-likeness (QED) is 0.741. The summed E-state index contributed by atoms with van der Waals surface area (Å²) in [5.74, 6) is -0.271. The molecule has 7 heteroatoms. The molecule has 1 N–H and O–H groups in total. The van der Waals surface area contributed by atoms with Gasteiger partial charge >= 0.3 is 0 Å². The third-order valence-electron chi connectivity index (χ3n) is 4.88. The molecule has 1 aliphatic heterocycles. The van der Waals surface area contributed by atoms with Crippen molar-refractivity contribution in [3.05, 3.63) is 58.1 Å². The molecule has 27 heavy (non-hydrogen) atoms. The number of carbonyl (C=O) groups is 1. The fraction of sp³-hybridized carbons (Fsp3) is 0.350. The molecule has 5 nitrogen and oxygen atoms in total. The van der Waals surface area contributed by atoms with Crippen LogP contribution in [0.1, 0.15) is 42.1 Å². The average molecular weight is 451 g/mol. The first-order valence-electron chi connectivity index (χ1n) is 8.98. The Kier molecular flexibility index (Phi) is 6.03. The lowest BCUT2D eigenvalue weighted by molar-refractivity contribution is 0.102. The summed E-state index contributed by atoms with van der Waals surface area (Å²) in [4.78, 5) is 12.7. The predicted octanol–water partition coefficient (Wildman–Crippen LogP) is 4.57. The Bertz CT molecular complexity index is 942. The molecule has 1 fully saturated rings. The number of hydrogen-bond donors (Lipinski definition) is 1. The van der Waals surface area contributed by atoms with E-state index in [1.54, 1.807) is 16.4 Å². The Hall–Kier alpha value is -1.70. The lowest BCUT2D eigenvalue weighted by Crippen LogP contribution is -2.41. The number of halogens is 1.